The van der Waals surface area contributed by atoms with Crippen LogP contribution in [0, 0.1) is 0 Å². The molecule has 0 rings (SSSR count). The minimum Gasteiger partial charge on any atom is -0.462 e. The summed E-state index contributed by atoms with van der Waals surface area (Å²) in [5.41, 5.74) is 0. The highest BCUT2D eigenvalue weighted by molar-refractivity contribution is 5.70. The van der Waals surface area contributed by atoms with Gasteiger partial charge in [0.25, 0.3) is 0 Å². The van der Waals surface area contributed by atoms with E-state index in [2.05, 4.69) is 74.6 Å². The van der Waals surface area contributed by atoms with Crippen LogP contribution in [0.15, 0.2) is 60.8 Å². The Kier molecular flexibility index (Phi) is 48.9. The number of aliphatic hydroxyl groups excluding tert-OH is 1. The lowest BCUT2D eigenvalue weighted by atomic mass is 10.0. The van der Waals surface area contributed by atoms with Crippen molar-refractivity contribution in [1.82, 2.24) is 0 Å². The van der Waals surface area contributed by atoms with Gasteiger partial charge in [0, 0.05) is 12.8 Å². The molecule has 1 atom stereocenters. The first-order valence-electron chi connectivity index (χ1n) is 25.8. The number of carbonyl (C=O) groups is 2. The van der Waals surface area contributed by atoms with Crippen molar-refractivity contribution < 1.29 is 24.2 Å². The lowest BCUT2D eigenvalue weighted by molar-refractivity contribution is -0.161. The van der Waals surface area contributed by atoms with Crippen molar-refractivity contribution in [2.45, 2.75) is 264 Å². The fourth-order valence-electron chi connectivity index (χ4n) is 7.42. The van der Waals surface area contributed by atoms with Gasteiger partial charge in [0.2, 0.25) is 0 Å². The van der Waals surface area contributed by atoms with E-state index in [4.69, 9.17) is 9.47 Å². The first-order valence-corrected chi connectivity index (χ1v) is 25.8. The zero-order valence-electron chi connectivity index (χ0n) is 39.7. The van der Waals surface area contributed by atoms with Gasteiger partial charge in [-0.3, -0.25) is 9.59 Å². The smallest absolute Gasteiger partial charge is 0.306 e. The predicted octanol–water partition coefficient (Wildman–Crippen LogP) is 17.1. The topological polar surface area (TPSA) is 72.8 Å². The summed E-state index contributed by atoms with van der Waals surface area (Å²) in [4.78, 5) is 24.4. The third kappa shape index (κ3) is 48.3. The van der Waals surface area contributed by atoms with Gasteiger partial charge in [0.15, 0.2) is 6.10 Å². The van der Waals surface area contributed by atoms with Crippen molar-refractivity contribution in [3.8, 4) is 0 Å². The summed E-state index contributed by atoms with van der Waals surface area (Å²) in [5, 5.41) is 9.62. The molecule has 0 fully saturated rings. The van der Waals surface area contributed by atoms with E-state index in [-0.39, 0.29) is 25.2 Å². The van der Waals surface area contributed by atoms with Gasteiger partial charge in [-0.25, -0.2) is 0 Å². The molecule has 0 saturated heterocycles. The Balaban J connectivity index is 3.47. The molecule has 0 radical (unpaired) electrons. The largest absolute Gasteiger partial charge is 0.462 e. The molecule has 60 heavy (non-hydrogen) atoms. The molecule has 0 aliphatic rings. The average Bonchev–Trinajstić information content (AvgIpc) is 3.25. The quantitative estimate of drug-likeness (QED) is 0.0375. The van der Waals surface area contributed by atoms with Gasteiger partial charge in [0.05, 0.1) is 6.61 Å². The fourth-order valence-corrected chi connectivity index (χ4v) is 7.42. The number of unbranched alkanes of at least 4 members (excludes halogenated alkanes) is 29. The standard InChI is InChI=1S/C55H98O5/c1-3-5-7-9-11-13-15-17-19-21-22-23-24-25-26-27-28-29-30-31-32-34-36-38-40-42-44-46-48-50-55(58)60-53(51-56)52-59-54(57)49-47-45-43-41-39-37-35-33-20-18-16-14-12-10-8-6-4-2/h5,7,11,13,17-20,22-23,53,56H,3-4,6,8-10,12,14-16,21,24-52H2,1-2H3/b7-5-,13-11-,19-17-,20-18-,23-22-. The normalized spacial score (nSPS) is 12.7. The Morgan fingerprint density at radius 2 is 0.717 bits per heavy atom. The van der Waals surface area contributed by atoms with E-state index in [0.29, 0.717) is 12.8 Å². The van der Waals surface area contributed by atoms with Gasteiger partial charge < -0.3 is 14.6 Å². The maximum absolute atomic E-state index is 12.3. The molecular formula is C55H98O5. The van der Waals surface area contributed by atoms with E-state index in [9.17, 15) is 14.7 Å². The highest BCUT2D eigenvalue weighted by atomic mass is 16.6. The number of hydrogen-bond donors (Lipinski definition) is 1. The van der Waals surface area contributed by atoms with Crippen LogP contribution in [0.2, 0.25) is 0 Å². The summed E-state index contributed by atoms with van der Waals surface area (Å²) in [6.07, 6.45) is 67.5. The van der Waals surface area contributed by atoms with E-state index < -0.39 is 6.10 Å². The van der Waals surface area contributed by atoms with Crippen LogP contribution in [0.3, 0.4) is 0 Å². The zero-order chi connectivity index (χ0) is 43.5. The second-order valence-corrected chi connectivity index (χ2v) is 17.2. The minimum atomic E-state index is -0.774. The Labute approximate surface area is 372 Å². The third-order valence-corrected chi connectivity index (χ3v) is 11.3. The van der Waals surface area contributed by atoms with Crippen molar-refractivity contribution >= 4 is 11.9 Å². The number of aliphatic hydroxyl groups is 1. The molecule has 0 aromatic heterocycles. The van der Waals surface area contributed by atoms with Gasteiger partial charge >= 0.3 is 11.9 Å². The molecule has 0 heterocycles. The summed E-state index contributed by atoms with van der Waals surface area (Å²) in [5.74, 6) is -0.588. The van der Waals surface area contributed by atoms with Crippen molar-refractivity contribution in [2.24, 2.45) is 0 Å². The average molecular weight is 839 g/mol. The molecule has 0 amide bonds. The van der Waals surface area contributed by atoms with Gasteiger partial charge in [-0.15, -0.1) is 0 Å². The van der Waals surface area contributed by atoms with Crippen LogP contribution in [-0.2, 0) is 19.1 Å². The Morgan fingerprint density at radius 1 is 0.400 bits per heavy atom. The van der Waals surface area contributed by atoms with Crippen LogP contribution in [0.5, 0.6) is 0 Å². The fraction of sp³-hybridized carbons (Fsp3) is 0.782. The molecule has 0 spiro atoms. The van der Waals surface area contributed by atoms with E-state index in [0.717, 1.165) is 64.2 Å². The van der Waals surface area contributed by atoms with Crippen molar-refractivity contribution in [2.75, 3.05) is 13.2 Å². The summed E-state index contributed by atoms with van der Waals surface area (Å²) in [7, 11) is 0. The van der Waals surface area contributed by atoms with E-state index in [1.807, 2.05) is 0 Å². The Morgan fingerprint density at radius 3 is 1.10 bits per heavy atom. The van der Waals surface area contributed by atoms with Crippen molar-refractivity contribution in [3.05, 3.63) is 60.8 Å². The third-order valence-electron chi connectivity index (χ3n) is 11.3. The summed E-state index contributed by atoms with van der Waals surface area (Å²) < 4.78 is 10.7. The molecule has 1 N–H and O–H groups in total. The van der Waals surface area contributed by atoms with E-state index in [1.54, 1.807) is 0 Å². The molecule has 0 bridgehead atoms. The second kappa shape index (κ2) is 51.0. The van der Waals surface area contributed by atoms with Crippen LogP contribution in [0.25, 0.3) is 0 Å². The molecular weight excluding hydrogens is 741 g/mol. The van der Waals surface area contributed by atoms with Crippen LogP contribution >= 0.6 is 0 Å². The Bertz CT molecular complexity index is 1040. The van der Waals surface area contributed by atoms with Crippen molar-refractivity contribution in [1.29, 1.82) is 0 Å². The van der Waals surface area contributed by atoms with Crippen LogP contribution < -0.4 is 0 Å². The Hall–Kier alpha value is -2.40. The number of ether oxygens (including phenoxy) is 2. The summed E-state index contributed by atoms with van der Waals surface area (Å²) in [6.45, 7) is 4.04. The first kappa shape index (κ1) is 57.6. The lowest BCUT2D eigenvalue weighted by Gasteiger charge is -2.15. The molecule has 1 unspecified atom stereocenters. The molecule has 0 aromatic rings. The van der Waals surface area contributed by atoms with Gasteiger partial charge in [-0.1, -0.05) is 229 Å². The SMILES string of the molecule is CC/C=C\C/C=C\C/C=C\C/C=C\CCCCCCCCCCCCCCCCCCC(=O)OC(CO)COC(=O)CCCCCCCCC/C=C\CCCCCCCC. The van der Waals surface area contributed by atoms with Crippen LogP contribution in [0.4, 0.5) is 0 Å². The second-order valence-electron chi connectivity index (χ2n) is 17.2. The molecule has 5 heteroatoms. The van der Waals surface area contributed by atoms with E-state index in [1.165, 1.54) is 167 Å². The molecule has 0 aliphatic heterocycles. The first-order chi connectivity index (χ1) is 29.6. The van der Waals surface area contributed by atoms with Crippen LogP contribution in [-0.4, -0.2) is 36.4 Å². The summed E-state index contributed by atoms with van der Waals surface area (Å²) in [6, 6.07) is 0. The molecule has 348 valence electrons. The molecule has 0 aliphatic carbocycles. The van der Waals surface area contributed by atoms with Crippen molar-refractivity contribution in [3.63, 3.8) is 0 Å². The summed E-state index contributed by atoms with van der Waals surface area (Å²) >= 11 is 0. The predicted molar refractivity (Wildman–Crippen MR) is 260 cm³/mol. The number of allylic oxidation sites excluding steroid dienone is 10. The number of rotatable bonds is 47. The monoisotopic (exact) mass is 839 g/mol. The maximum atomic E-state index is 12.3. The molecule has 5 nitrogen and oxygen atoms in total. The number of carbonyl (C=O) groups excluding carboxylic acids is 2. The molecule has 0 saturated carbocycles. The van der Waals surface area contributed by atoms with Gasteiger partial charge in [-0.05, 0) is 77.0 Å². The van der Waals surface area contributed by atoms with Gasteiger partial charge in [0.1, 0.15) is 6.61 Å². The van der Waals surface area contributed by atoms with Crippen LogP contribution in [0.1, 0.15) is 258 Å². The number of esters is 2. The lowest BCUT2D eigenvalue weighted by Crippen LogP contribution is -2.28. The van der Waals surface area contributed by atoms with E-state index >= 15 is 0 Å². The highest BCUT2D eigenvalue weighted by Crippen LogP contribution is 2.16. The maximum Gasteiger partial charge on any atom is 0.306 e. The highest BCUT2D eigenvalue weighted by Gasteiger charge is 2.16. The minimum absolute atomic E-state index is 0.0668. The zero-order valence-corrected chi connectivity index (χ0v) is 39.7. The number of hydrogen-bond acceptors (Lipinski definition) is 5. The van der Waals surface area contributed by atoms with Gasteiger partial charge in [-0.2, -0.15) is 0 Å². The molecule has 0 aromatic carbocycles.